The van der Waals surface area contributed by atoms with Gasteiger partial charge in [0.25, 0.3) is 0 Å². The third-order valence-electron chi connectivity index (χ3n) is 13.0. The van der Waals surface area contributed by atoms with Gasteiger partial charge in [-0.1, -0.05) is 114 Å². The second-order valence-corrected chi connectivity index (χ2v) is 19.0. The largest absolute Gasteiger partial charge is 0.491 e. The number of likely N-dealkylation sites (N-methyl/N-ethyl adjacent to an activating group) is 1. The number of anilines is 1. The number of aliphatic hydroxyl groups excluding tert-OH is 4. The molecule has 1 saturated carbocycles. The van der Waals surface area contributed by atoms with E-state index in [1.54, 1.807) is 6.92 Å². The summed E-state index contributed by atoms with van der Waals surface area (Å²) in [7, 11) is 0. The average Bonchev–Trinajstić information content (AvgIpc) is 3.34. The van der Waals surface area contributed by atoms with Crippen molar-refractivity contribution in [3.8, 4) is 23.0 Å². The van der Waals surface area contributed by atoms with Gasteiger partial charge in [-0.25, -0.2) is 0 Å². The second-order valence-electron chi connectivity index (χ2n) is 19.0. The first kappa shape index (κ1) is 50.3. The molecule has 4 unspecified atom stereocenters. The summed E-state index contributed by atoms with van der Waals surface area (Å²) in [5.74, 6) is 2.82. The quantitative estimate of drug-likeness (QED) is 0.0451. The molecule has 1 aliphatic carbocycles. The Morgan fingerprint density at radius 1 is 0.485 bits per heavy atom. The molecule has 0 amide bonds. The molecular weight excluding hydrogens is 829 g/mol. The number of rotatable bonds is 25. The van der Waals surface area contributed by atoms with Crippen LogP contribution >= 0.6 is 0 Å². The van der Waals surface area contributed by atoms with Crippen molar-refractivity contribution in [1.82, 2.24) is 4.90 Å². The highest BCUT2D eigenvalue weighted by Gasteiger charge is 2.28. The van der Waals surface area contributed by atoms with Crippen molar-refractivity contribution in [2.45, 2.75) is 115 Å². The molecule has 0 bridgehead atoms. The minimum absolute atomic E-state index is 0.140. The lowest BCUT2D eigenvalue weighted by atomic mass is 9.78. The molecule has 0 aromatic heterocycles. The number of nitrogens with zero attached hydrogens (tertiary/aromatic N) is 2. The van der Waals surface area contributed by atoms with Gasteiger partial charge in [-0.2, -0.15) is 0 Å². The maximum absolute atomic E-state index is 11.3. The van der Waals surface area contributed by atoms with E-state index in [0.717, 1.165) is 65.9 Å². The molecule has 66 heavy (non-hydrogen) atoms. The van der Waals surface area contributed by atoms with Crippen molar-refractivity contribution >= 4 is 5.69 Å². The zero-order valence-corrected chi connectivity index (χ0v) is 40.0. The number of aliphatic hydroxyl groups is 4. The van der Waals surface area contributed by atoms with E-state index in [9.17, 15) is 20.4 Å². The summed E-state index contributed by atoms with van der Waals surface area (Å²) in [4.78, 5) is 4.37. The van der Waals surface area contributed by atoms with Crippen LogP contribution < -0.4 is 23.8 Å². The van der Waals surface area contributed by atoms with E-state index >= 15 is 0 Å². The Hall–Kier alpha value is -5.10. The molecule has 5 aromatic carbocycles. The normalized spacial score (nSPS) is 15.4. The van der Waals surface area contributed by atoms with Crippen molar-refractivity contribution in [3.63, 3.8) is 0 Å². The van der Waals surface area contributed by atoms with Crippen molar-refractivity contribution < 1.29 is 39.4 Å². The van der Waals surface area contributed by atoms with Crippen LogP contribution in [0.25, 0.3) is 0 Å². The van der Waals surface area contributed by atoms with Crippen LogP contribution in [-0.4, -0.2) is 108 Å². The van der Waals surface area contributed by atoms with Crippen LogP contribution in [0.3, 0.4) is 0 Å². The van der Waals surface area contributed by atoms with Gasteiger partial charge in [0.2, 0.25) is 0 Å². The monoisotopic (exact) mass is 903 g/mol. The summed E-state index contributed by atoms with van der Waals surface area (Å²) in [6.07, 6.45) is 2.95. The maximum atomic E-state index is 11.3. The van der Waals surface area contributed by atoms with Gasteiger partial charge >= 0.3 is 0 Å². The van der Waals surface area contributed by atoms with Crippen molar-refractivity contribution in [2.24, 2.45) is 0 Å². The van der Waals surface area contributed by atoms with Crippen LogP contribution in [0.2, 0.25) is 0 Å². The zero-order valence-electron chi connectivity index (χ0n) is 40.0. The molecule has 1 fully saturated rings. The second kappa shape index (κ2) is 24.1. The van der Waals surface area contributed by atoms with Gasteiger partial charge in [-0.3, -0.25) is 4.90 Å². The first-order chi connectivity index (χ1) is 31.7. The smallest absolute Gasteiger partial charge is 0.119 e. The Kier molecular flexibility index (Phi) is 18.4. The lowest BCUT2D eigenvalue weighted by Crippen LogP contribution is -2.47. The third kappa shape index (κ3) is 14.4. The Morgan fingerprint density at radius 2 is 0.833 bits per heavy atom. The van der Waals surface area contributed by atoms with Crippen molar-refractivity contribution in [1.29, 1.82) is 0 Å². The van der Waals surface area contributed by atoms with Gasteiger partial charge < -0.3 is 44.3 Å². The molecule has 0 radical (unpaired) electrons. The number of para-hydroxylation sites is 1. The van der Waals surface area contributed by atoms with Crippen LogP contribution in [0.15, 0.2) is 127 Å². The molecule has 10 nitrogen and oxygen atoms in total. The van der Waals surface area contributed by atoms with E-state index in [-0.39, 0.29) is 43.3 Å². The zero-order chi connectivity index (χ0) is 47.1. The fraction of sp³-hybridized carbons (Fsp3) is 0.464. The number of hydrogen-bond acceptors (Lipinski definition) is 10. The maximum Gasteiger partial charge on any atom is 0.119 e. The van der Waals surface area contributed by atoms with Gasteiger partial charge in [0, 0.05) is 48.7 Å². The highest BCUT2D eigenvalue weighted by Crippen LogP contribution is 2.35. The molecule has 10 heteroatoms. The fourth-order valence-corrected chi connectivity index (χ4v) is 8.83. The first-order valence-electron chi connectivity index (χ1n) is 23.9. The van der Waals surface area contributed by atoms with Gasteiger partial charge in [0.1, 0.15) is 67.7 Å². The van der Waals surface area contributed by atoms with E-state index in [2.05, 4.69) is 92.9 Å². The van der Waals surface area contributed by atoms with Crippen LogP contribution in [0, 0.1) is 0 Å². The SMILES string of the molecule is CCN(CC(O)COc1ccc(C(C)(C)c2ccc(OCC(O)CN(CC(O)COc3ccc(C(C)(C)c4ccc(OCC(C)O)cc4)cc3)C3CCCCC3)cc2)cc1)c1ccccc1. The van der Waals surface area contributed by atoms with Crippen LogP contribution in [-0.2, 0) is 10.8 Å². The first-order valence-corrected chi connectivity index (χ1v) is 23.9. The molecule has 0 heterocycles. The predicted molar refractivity (Wildman–Crippen MR) is 264 cm³/mol. The van der Waals surface area contributed by atoms with E-state index < -0.39 is 24.4 Å². The van der Waals surface area contributed by atoms with Gasteiger partial charge in [-0.15, -0.1) is 0 Å². The standard InChI is InChI=1S/C56H74N2O8/c1-7-57(46-14-10-8-11-15-46)34-48(60)38-64-52-28-20-44(21-29-52)56(5,6)45-24-32-54(33-25-45)66-40-50(62)36-58(47-16-12-9-13-17-47)35-49(61)39-65-53-30-22-43(23-31-53)55(3,4)42-18-26-51(27-19-42)63-37-41(2)59/h8,10-11,14-15,18-33,41,47-50,59-62H,7,9,12-13,16-17,34-40H2,1-6H3. The molecule has 5 aromatic rings. The van der Waals surface area contributed by atoms with E-state index in [4.69, 9.17) is 18.9 Å². The highest BCUT2D eigenvalue weighted by molar-refractivity contribution is 5.46. The summed E-state index contributed by atoms with van der Waals surface area (Å²) in [6.45, 7) is 15.3. The molecule has 0 spiro atoms. The van der Waals surface area contributed by atoms with Crippen molar-refractivity contribution in [2.75, 3.05) is 57.5 Å². The number of benzene rings is 5. The van der Waals surface area contributed by atoms with Crippen LogP contribution in [0.1, 0.15) is 95.9 Å². The molecule has 6 rings (SSSR count). The number of hydrogen-bond donors (Lipinski definition) is 4. The van der Waals surface area contributed by atoms with Gasteiger partial charge in [0.15, 0.2) is 0 Å². The van der Waals surface area contributed by atoms with Gasteiger partial charge in [-0.05, 0) is 110 Å². The average molecular weight is 903 g/mol. The topological polar surface area (TPSA) is 124 Å². The molecule has 4 atom stereocenters. The minimum Gasteiger partial charge on any atom is -0.491 e. The predicted octanol–water partition coefficient (Wildman–Crippen LogP) is 9.18. The molecule has 356 valence electrons. The fourth-order valence-electron chi connectivity index (χ4n) is 8.83. The lowest BCUT2D eigenvalue weighted by molar-refractivity contribution is 0.00668. The van der Waals surface area contributed by atoms with Crippen LogP contribution in [0.4, 0.5) is 5.69 Å². The third-order valence-corrected chi connectivity index (χ3v) is 13.0. The molecule has 0 aliphatic heterocycles. The summed E-state index contributed by atoms with van der Waals surface area (Å²) in [5, 5.41) is 42.8. The molecule has 0 saturated heterocycles. The Balaban J connectivity index is 0.960. The molecule has 1 aliphatic rings. The van der Waals surface area contributed by atoms with E-state index in [0.29, 0.717) is 36.9 Å². The van der Waals surface area contributed by atoms with E-state index in [1.807, 2.05) is 78.9 Å². The molecular formula is C56H74N2O8. The Bertz CT molecular complexity index is 2140. The van der Waals surface area contributed by atoms with Crippen LogP contribution in [0.5, 0.6) is 23.0 Å². The summed E-state index contributed by atoms with van der Waals surface area (Å²) >= 11 is 0. The Morgan fingerprint density at radius 3 is 1.18 bits per heavy atom. The molecule has 4 N–H and O–H groups in total. The van der Waals surface area contributed by atoms with Crippen molar-refractivity contribution in [3.05, 3.63) is 150 Å². The minimum atomic E-state index is -0.740. The number of ether oxygens (including phenoxy) is 4. The highest BCUT2D eigenvalue weighted by atomic mass is 16.5. The van der Waals surface area contributed by atoms with E-state index in [1.165, 1.54) is 6.42 Å². The summed E-state index contributed by atoms with van der Waals surface area (Å²) in [6, 6.07) is 42.5. The lowest BCUT2D eigenvalue weighted by Gasteiger charge is -2.36. The summed E-state index contributed by atoms with van der Waals surface area (Å²) < 4.78 is 23.8. The van der Waals surface area contributed by atoms with Gasteiger partial charge in [0.05, 0.1) is 6.10 Å². The Labute approximate surface area is 393 Å². The summed E-state index contributed by atoms with van der Waals surface area (Å²) in [5.41, 5.74) is 5.07.